The van der Waals surface area contributed by atoms with Gasteiger partial charge in [0.05, 0.1) is 25.2 Å². The van der Waals surface area contributed by atoms with E-state index in [9.17, 15) is 8.42 Å². The number of halogens is 1. The molecule has 0 fully saturated rings. The van der Waals surface area contributed by atoms with Gasteiger partial charge in [-0.2, -0.15) is 0 Å². The first-order valence-electron chi connectivity index (χ1n) is 5.35. The van der Waals surface area contributed by atoms with E-state index in [1.54, 1.807) is 18.2 Å². The fourth-order valence-corrected chi connectivity index (χ4v) is 2.82. The maximum absolute atomic E-state index is 12.1. The smallest absolute Gasteiger partial charge is 0.264 e. The van der Waals surface area contributed by atoms with E-state index in [1.807, 2.05) is 0 Å². The van der Waals surface area contributed by atoms with Crippen LogP contribution in [0.1, 0.15) is 0 Å². The van der Waals surface area contributed by atoms with Gasteiger partial charge in [0.15, 0.2) is 0 Å². The molecular formula is C11H11BrN4O3S. The summed E-state index contributed by atoms with van der Waals surface area (Å²) < 4.78 is 32.4. The Morgan fingerprint density at radius 1 is 1.25 bits per heavy atom. The number of hydrogen-bond donors (Lipinski definition) is 2. The summed E-state index contributed by atoms with van der Waals surface area (Å²) in [5.74, 6) is 0.527. The zero-order chi connectivity index (χ0) is 14.8. The predicted molar refractivity (Wildman–Crippen MR) is 77.9 cm³/mol. The minimum absolute atomic E-state index is 0.00748. The highest BCUT2D eigenvalue weighted by Gasteiger charge is 2.16. The van der Waals surface area contributed by atoms with Gasteiger partial charge in [0.1, 0.15) is 10.6 Å². The molecule has 0 spiro atoms. The molecule has 0 radical (unpaired) electrons. The Labute approximate surface area is 124 Å². The van der Waals surface area contributed by atoms with Crippen LogP contribution < -0.4 is 15.2 Å². The molecule has 0 saturated heterocycles. The van der Waals surface area contributed by atoms with Crippen molar-refractivity contribution >= 4 is 37.6 Å². The normalized spacial score (nSPS) is 11.1. The monoisotopic (exact) mass is 358 g/mol. The third-order valence-corrected chi connectivity index (χ3v) is 4.11. The molecule has 2 rings (SSSR count). The standard InChI is InChI=1S/C11H11BrN4O3S/c1-19-9-3-7(12)2-8(4-9)16-20(17,18)10-5-14-11(13)15-6-10/h2-6,16H,1H3,(H2,13,14,15). The number of rotatable bonds is 4. The van der Waals surface area contributed by atoms with Crippen LogP contribution in [0.3, 0.4) is 0 Å². The molecule has 1 heterocycles. The van der Waals surface area contributed by atoms with Gasteiger partial charge in [0, 0.05) is 10.5 Å². The number of nitrogens with two attached hydrogens (primary N) is 1. The number of aromatic nitrogens is 2. The molecule has 7 nitrogen and oxygen atoms in total. The highest BCUT2D eigenvalue weighted by Crippen LogP contribution is 2.26. The first-order chi connectivity index (χ1) is 9.40. The van der Waals surface area contributed by atoms with Gasteiger partial charge in [0.2, 0.25) is 5.95 Å². The lowest BCUT2D eigenvalue weighted by atomic mass is 10.3. The Morgan fingerprint density at radius 2 is 1.90 bits per heavy atom. The Hall–Kier alpha value is -1.87. The molecule has 2 aromatic rings. The van der Waals surface area contributed by atoms with Crippen molar-refractivity contribution < 1.29 is 13.2 Å². The van der Waals surface area contributed by atoms with E-state index in [4.69, 9.17) is 10.5 Å². The average Bonchev–Trinajstić information content (AvgIpc) is 2.37. The van der Waals surface area contributed by atoms with Crippen LogP contribution in [-0.4, -0.2) is 25.5 Å². The van der Waals surface area contributed by atoms with E-state index in [-0.39, 0.29) is 10.8 Å². The van der Waals surface area contributed by atoms with Crippen LogP contribution >= 0.6 is 15.9 Å². The third-order valence-electron chi connectivity index (χ3n) is 2.32. The summed E-state index contributed by atoms with van der Waals surface area (Å²) in [6.07, 6.45) is 2.28. The number of methoxy groups -OCH3 is 1. The summed E-state index contributed by atoms with van der Waals surface area (Å²) in [6.45, 7) is 0. The van der Waals surface area contributed by atoms with E-state index < -0.39 is 10.0 Å². The fourth-order valence-electron chi connectivity index (χ4n) is 1.42. The predicted octanol–water partition coefficient (Wildman–Crippen LogP) is 1.63. The van der Waals surface area contributed by atoms with Gasteiger partial charge in [-0.3, -0.25) is 4.72 Å². The lowest BCUT2D eigenvalue weighted by Gasteiger charge is -2.09. The second kappa shape index (κ2) is 5.63. The van der Waals surface area contributed by atoms with E-state index in [0.29, 0.717) is 15.9 Å². The number of ether oxygens (including phenoxy) is 1. The first-order valence-corrected chi connectivity index (χ1v) is 7.63. The van der Waals surface area contributed by atoms with Gasteiger partial charge in [-0.05, 0) is 12.1 Å². The molecule has 3 N–H and O–H groups in total. The van der Waals surface area contributed by atoms with Crippen molar-refractivity contribution in [3.8, 4) is 5.75 Å². The second-order valence-corrected chi connectivity index (χ2v) is 6.36. The Bertz CT molecular complexity index is 719. The number of benzene rings is 1. The number of nitrogens with zero attached hydrogens (tertiary/aromatic N) is 2. The third kappa shape index (κ3) is 3.36. The molecule has 0 aliphatic carbocycles. The Balaban J connectivity index is 2.33. The van der Waals surface area contributed by atoms with Gasteiger partial charge in [-0.25, -0.2) is 18.4 Å². The molecule has 0 unspecified atom stereocenters. The lowest BCUT2D eigenvalue weighted by Crippen LogP contribution is -2.14. The zero-order valence-electron chi connectivity index (χ0n) is 10.4. The molecule has 0 aliphatic rings. The van der Waals surface area contributed by atoms with Crippen LogP contribution in [0.25, 0.3) is 0 Å². The number of nitrogen functional groups attached to an aromatic ring is 1. The largest absolute Gasteiger partial charge is 0.497 e. The maximum Gasteiger partial charge on any atom is 0.264 e. The summed E-state index contributed by atoms with van der Waals surface area (Å²) in [4.78, 5) is 7.23. The quantitative estimate of drug-likeness (QED) is 0.859. The first kappa shape index (κ1) is 14.5. The van der Waals surface area contributed by atoms with Crippen molar-refractivity contribution in [3.63, 3.8) is 0 Å². The molecule has 20 heavy (non-hydrogen) atoms. The van der Waals surface area contributed by atoms with Crippen LogP contribution in [0, 0.1) is 0 Å². The SMILES string of the molecule is COc1cc(Br)cc(NS(=O)(=O)c2cnc(N)nc2)c1. The molecule has 0 bridgehead atoms. The van der Waals surface area contributed by atoms with Crippen molar-refractivity contribution in [1.82, 2.24) is 9.97 Å². The topological polar surface area (TPSA) is 107 Å². The molecule has 0 saturated carbocycles. The minimum Gasteiger partial charge on any atom is -0.497 e. The molecule has 0 aliphatic heterocycles. The number of anilines is 2. The summed E-state index contributed by atoms with van der Waals surface area (Å²) in [5, 5.41) is 0. The second-order valence-electron chi connectivity index (χ2n) is 3.76. The van der Waals surface area contributed by atoms with Crippen LogP contribution in [0.4, 0.5) is 11.6 Å². The Kier molecular flexibility index (Phi) is 4.09. The Morgan fingerprint density at radius 3 is 2.50 bits per heavy atom. The summed E-state index contributed by atoms with van der Waals surface area (Å²) in [7, 11) is -2.28. The zero-order valence-corrected chi connectivity index (χ0v) is 12.8. The maximum atomic E-state index is 12.1. The van der Waals surface area contributed by atoms with Crippen molar-refractivity contribution in [2.45, 2.75) is 4.90 Å². The van der Waals surface area contributed by atoms with Gasteiger partial charge in [-0.1, -0.05) is 15.9 Å². The van der Waals surface area contributed by atoms with Crippen molar-refractivity contribution in [3.05, 3.63) is 35.1 Å². The molecule has 106 valence electrons. The molecule has 0 amide bonds. The van der Waals surface area contributed by atoms with Crippen LogP contribution in [0.15, 0.2) is 40.0 Å². The van der Waals surface area contributed by atoms with Crippen LogP contribution in [0.2, 0.25) is 0 Å². The van der Waals surface area contributed by atoms with E-state index in [2.05, 4.69) is 30.6 Å². The highest BCUT2D eigenvalue weighted by atomic mass is 79.9. The summed E-state index contributed by atoms with van der Waals surface area (Å²) in [6, 6.07) is 4.88. The van der Waals surface area contributed by atoms with Crippen molar-refractivity contribution in [2.24, 2.45) is 0 Å². The van der Waals surface area contributed by atoms with Crippen molar-refractivity contribution in [1.29, 1.82) is 0 Å². The van der Waals surface area contributed by atoms with Crippen LogP contribution in [-0.2, 0) is 10.0 Å². The average molecular weight is 359 g/mol. The fraction of sp³-hybridized carbons (Fsp3) is 0.0909. The molecule has 9 heteroatoms. The van der Waals surface area contributed by atoms with E-state index >= 15 is 0 Å². The number of hydrogen-bond acceptors (Lipinski definition) is 6. The number of sulfonamides is 1. The van der Waals surface area contributed by atoms with Crippen LogP contribution in [0.5, 0.6) is 5.75 Å². The highest BCUT2D eigenvalue weighted by molar-refractivity contribution is 9.10. The molecular weight excluding hydrogens is 348 g/mol. The molecule has 1 aromatic carbocycles. The summed E-state index contributed by atoms with van der Waals surface area (Å²) in [5.41, 5.74) is 5.67. The lowest BCUT2D eigenvalue weighted by molar-refractivity contribution is 0.415. The molecule has 0 atom stereocenters. The number of nitrogens with one attached hydrogen (secondary N) is 1. The van der Waals surface area contributed by atoms with Gasteiger partial charge >= 0.3 is 0 Å². The van der Waals surface area contributed by atoms with Gasteiger partial charge in [0.25, 0.3) is 10.0 Å². The van der Waals surface area contributed by atoms with Gasteiger partial charge in [-0.15, -0.1) is 0 Å². The van der Waals surface area contributed by atoms with Gasteiger partial charge < -0.3 is 10.5 Å². The van der Waals surface area contributed by atoms with E-state index in [1.165, 1.54) is 7.11 Å². The van der Waals surface area contributed by atoms with E-state index in [0.717, 1.165) is 12.4 Å². The minimum atomic E-state index is -3.78. The summed E-state index contributed by atoms with van der Waals surface area (Å²) >= 11 is 3.27. The van der Waals surface area contributed by atoms with Crippen molar-refractivity contribution in [2.75, 3.05) is 17.6 Å². The molecule has 1 aromatic heterocycles.